The Morgan fingerprint density at radius 2 is 1.71 bits per heavy atom. The molecule has 1 aliphatic rings. The number of fused-ring (bicyclic) bond motifs is 1. The van der Waals surface area contributed by atoms with E-state index >= 15 is 0 Å². The number of nitrogens with zero attached hydrogens (tertiary/aromatic N) is 3. The van der Waals surface area contributed by atoms with E-state index in [-0.39, 0.29) is 23.0 Å². The van der Waals surface area contributed by atoms with Gasteiger partial charge in [-0.3, -0.25) is 14.6 Å². The number of amides is 1. The molecule has 0 saturated carbocycles. The molecule has 1 amide bonds. The molecule has 0 N–H and O–H groups in total. The maximum Gasteiger partial charge on any atom is 0.229 e. The minimum absolute atomic E-state index is 0.152. The van der Waals surface area contributed by atoms with Crippen LogP contribution in [0.2, 0.25) is 0 Å². The Hall–Kier alpha value is -2.93. The first kappa shape index (κ1) is 28.1. The fourth-order valence-corrected chi connectivity index (χ4v) is 6.60. The van der Waals surface area contributed by atoms with Crippen LogP contribution in [0.4, 0.5) is 5.13 Å². The number of thiazole rings is 1. The number of carbonyl (C=O) groups excluding carboxylic acids is 1. The second kappa shape index (κ2) is 12.7. The number of benzene rings is 2. The first-order chi connectivity index (χ1) is 18.4. The monoisotopic (exact) mass is 563 g/mol. The normalized spacial score (nSPS) is 14.4. The van der Waals surface area contributed by atoms with Gasteiger partial charge >= 0.3 is 0 Å². The lowest BCUT2D eigenvalue weighted by molar-refractivity contribution is -0.118. The quantitative estimate of drug-likeness (QED) is 0.328. The standard InChI is InChI=1S/C26H33N3O7S2/c1-33-19-5-7-20(8-6-19)38(31,32)18-11-23(30)29(13-4-12-28-14-16-36-17-15-28)26-27-24-21(34-2)9-10-22(35-3)25(24)37-26/h5-10H,4,11-18H2,1-3H3. The van der Waals surface area contributed by atoms with Crippen LogP contribution in [0, 0.1) is 0 Å². The van der Waals surface area contributed by atoms with E-state index in [0.717, 1.165) is 24.3 Å². The lowest BCUT2D eigenvalue weighted by atomic mass is 10.3. The van der Waals surface area contributed by atoms with Crippen molar-refractivity contribution in [2.45, 2.75) is 17.7 Å². The van der Waals surface area contributed by atoms with Gasteiger partial charge in [0.15, 0.2) is 15.0 Å². The Morgan fingerprint density at radius 3 is 2.37 bits per heavy atom. The van der Waals surface area contributed by atoms with E-state index in [4.69, 9.17) is 23.9 Å². The zero-order valence-corrected chi connectivity index (χ0v) is 23.5. The second-order valence-corrected chi connectivity index (χ2v) is 11.8. The van der Waals surface area contributed by atoms with Gasteiger partial charge in [-0.25, -0.2) is 13.4 Å². The number of anilines is 1. The SMILES string of the molecule is COc1ccc(S(=O)(=O)CCC(=O)N(CCCN2CCOCC2)c2nc3c(OC)ccc(OC)c3s2)cc1. The summed E-state index contributed by atoms with van der Waals surface area (Å²) < 4.78 is 48.2. The summed E-state index contributed by atoms with van der Waals surface area (Å²) in [6.45, 7) is 4.30. The molecule has 1 aliphatic heterocycles. The molecule has 206 valence electrons. The molecule has 38 heavy (non-hydrogen) atoms. The molecular formula is C26H33N3O7S2. The van der Waals surface area contributed by atoms with E-state index in [1.807, 2.05) is 0 Å². The molecule has 0 spiro atoms. The van der Waals surface area contributed by atoms with E-state index in [0.29, 0.717) is 54.1 Å². The van der Waals surface area contributed by atoms with Gasteiger partial charge < -0.3 is 18.9 Å². The van der Waals surface area contributed by atoms with Crippen molar-refractivity contribution < 1.29 is 32.2 Å². The van der Waals surface area contributed by atoms with E-state index in [1.54, 1.807) is 43.4 Å². The minimum atomic E-state index is -3.66. The van der Waals surface area contributed by atoms with Crippen LogP contribution in [0.15, 0.2) is 41.3 Å². The average molecular weight is 564 g/mol. The molecule has 2 aromatic carbocycles. The number of morpholine rings is 1. The second-order valence-electron chi connectivity index (χ2n) is 8.74. The molecule has 1 fully saturated rings. The summed E-state index contributed by atoms with van der Waals surface area (Å²) in [5.74, 6) is 1.16. The first-order valence-electron chi connectivity index (χ1n) is 12.3. The summed E-state index contributed by atoms with van der Waals surface area (Å²) in [5, 5.41) is 0.483. The summed E-state index contributed by atoms with van der Waals surface area (Å²) in [6.07, 6.45) is 0.539. The van der Waals surface area contributed by atoms with Crippen LogP contribution in [0.3, 0.4) is 0 Å². The van der Waals surface area contributed by atoms with Crippen LogP contribution in [0.1, 0.15) is 12.8 Å². The predicted octanol–water partition coefficient (Wildman–Crippen LogP) is 3.24. The summed E-state index contributed by atoms with van der Waals surface area (Å²) >= 11 is 1.33. The number of methoxy groups -OCH3 is 3. The van der Waals surface area contributed by atoms with Gasteiger partial charge in [0, 0.05) is 32.6 Å². The van der Waals surface area contributed by atoms with Crippen LogP contribution < -0.4 is 19.1 Å². The average Bonchev–Trinajstić information content (AvgIpc) is 3.39. The van der Waals surface area contributed by atoms with Crippen molar-refractivity contribution in [1.29, 1.82) is 0 Å². The number of hydrogen-bond acceptors (Lipinski definition) is 10. The highest BCUT2D eigenvalue weighted by atomic mass is 32.2. The molecule has 10 nitrogen and oxygen atoms in total. The molecule has 2 heterocycles. The van der Waals surface area contributed by atoms with E-state index in [9.17, 15) is 13.2 Å². The Labute approximate surface area is 227 Å². The van der Waals surface area contributed by atoms with E-state index in [2.05, 4.69) is 4.90 Å². The number of hydrogen-bond donors (Lipinski definition) is 0. The first-order valence-corrected chi connectivity index (χ1v) is 14.8. The minimum Gasteiger partial charge on any atom is -0.497 e. The molecule has 0 unspecified atom stereocenters. The van der Waals surface area contributed by atoms with Crippen molar-refractivity contribution in [2.24, 2.45) is 0 Å². The third kappa shape index (κ3) is 6.55. The molecule has 3 aromatic rings. The van der Waals surface area contributed by atoms with Gasteiger partial charge in [0.05, 0.1) is 45.2 Å². The highest BCUT2D eigenvalue weighted by molar-refractivity contribution is 7.91. The lowest BCUT2D eigenvalue weighted by Crippen LogP contribution is -2.39. The Balaban J connectivity index is 1.55. The zero-order valence-electron chi connectivity index (χ0n) is 21.8. The van der Waals surface area contributed by atoms with Crippen molar-refractivity contribution in [1.82, 2.24) is 9.88 Å². The van der Waals surface area contributed by atoms with Gasteiger partial charge in [0.1, 0.15) is 27.5 Å². The van der Waals surface area contributed by atoms with Gasteiger partial charge in [0.25, 0.3) is 0 Å². The van der Waals surface area contributed by atoms with Gasteiger partial charge in [-0.1, -0.05) is 11.3 Å². The molecule has 4 rings (SSSR count). The van der Waals surface area contributed by atoms with Crippen molar-refractivity contribution >= 4 is 42.4 Å². The third-order valence-electron chi connectivity index (χ3n) is 6.39. The molecule has 0 atom stereocenters. The van der Waals surface area contributed by atoms with Gasteiger partial charge in [-0.2, -0.15) is 0 Å². The third-order valence-corrected chi connectivity index (χ3v) is 9.22. The molecule has 0 radical (unpaired) electrons. The molecule has 12 heteroatoms. The fraction of sp³-hybridized carbons (Fsp3) is 0.462. The number of sulfone groups is 1. The number of aromatic nitrogens is 1. The summed E-state index contributed by atoms with van der Waals surface area (Å²) in [6, 6.07) is 9.74. The van der Waals surface area contributed by atoms with Crippen LogP contribution in [0.5, 0.6) is 17.2 Å². The molecule has 0 bridgehead atoms. The van der Waals surface area contributed by atoms with Crippen LogP contribution in [0.25, 0.3) is 10.2 Å². The summed E-state index contributed by atoms with van der Waals surface area (Å²) in [4.78, 5) is 22.3. The Bertz CT molecular complexity index is 1300. The van der Waals surface area contributed by atoms with Crippen LogP contribution in [-0.2, 0) is 19.4 Å². The number of rotatable bonds is 12. The maximum absolute atomic E-state index is 13.5. The maximum atomic E-state index is 13.5. The Kier molecular flexibility index (Phi) is 9.42. The molecule has 0 aliphatic carbocycles. The van der Waals surface area contributed by atoms with Crippen molar-refractivity contribution in [3.05, 3.63) is 36.4 Å². The van der Waals surface area contributed by atoms with Gasteiger partial charge in [-0.15, -0.1) is 0 Å². The smallest absolute Gasteiger partial charge is 0.229 e. The largest absolute Gasteiger partial charge is 0.497 e. The highest BCUT2D eigenvalue weighted by Crippen LogP contribution is 2.40. The summed E-state index contributed by atoms with van der Waals surface area (Å²) in [5.41, 5.74) is 0.601. The topological polar surface area (TPSA) is 108 Å². The molecule has 1 saturated heterocycles. The van der Waals surface area contributed by atoms with E-state index < -0.39 is 9.84 Å². The van der Waals surface area contributed by atoms with Gasteiger partial charge in [0.2, 0.25) is 5.91 Å². The van der Waals surface area contributed by atoms with E-state index in [1.165, 1.54) is 30.6 Å². The summed E-state index contributed by atoms with van der Waals surface area (Å²) in [7, 11) is 0.999. The zero-order chi connectivity index (χ0) is 27.1. The predicted molar refractivity (Wildman–Crippen MR) is 147 cm³/mol. The number of ether oxygens (including phenoxy) is 4. The van der Waals surface area contributed by atoms with Crippen molar-refractivity contribution in [2.75, 3.05) is 71.4 Å². The van der Waals surface area contributed by atoms with Gasteiger partial charge in [-0.05, 0) is 42.8 Å². The highest BCUT2D eigenvalue weighted by Gasteiger charge is 2.25. The Morgan fingerprint density at radius 1 is 1.03 bits per heavy atom. The van der Waals surface area contributed by atoms with Crippen LogP contribution in [-0.4, -0.2) is 90.7 Å². The van der Waals surface area contributed by atoms with Crippen LogP contribution >= 0.6 is 11.3 Å². The molecular weight excluding hydrogens is 530 g/mol. The van der Waals surface area contributed by atoms with Crippen molar-refractivity contribution in [3.8, 4) is 17.2 Å². The van der Waals surface area contributed by atoms with Crippen molar-refractivity contribution in [3.63, 3.8) is 0 Å². The fourth-order valence-electron chi connectivity index (χ4n) is 4.25. The number of carbonyl (C=O) groups is 1. The molecule has 1 aromatic heterocycles. The lowest BCUT2D eigenvalue weighted by Gasteiger charge is -2.27.